The first-order valence-corrected chi connectivity index (χ1v) is 7.96. The molecule has 0 bridgehead atoms. The first-order valence-electron chi connectivity index (χ1n) is 6.31. The summed E-state index contributed by atoms with van der Waals surface area (Å²) >= 11 is 0. The van der Waals surface area contributed by atoms with Gasteiger partial charge in [0.05, 0.1) is 12.2 Å². The molecule has 0 spiro atoms. The van der Waals surface area contributed by atoms with E-state index in [4.69, 9.17) is 5.11 Å². The molecule has 1 aliphatic rings. The molecule has 1 aliphatic carbocycles. The van der Waals surface area contributed by atoms with E-state index in [1.807, 2.05) is 20.8 Å². The fraction of sp³-hybridized carbons (Fsp3) is 0.917. The Labute approximate surface area is 109 Å². The van der Waals surface area contributed by atoms with Gasteiger partial charge in [0.15, 0.2) is 0 Å². The highest BCUT2D eigenvalue weighted by Gasteiger charge is 2.35. The molecule has 0 saturated heterocycles. The van der Waals surface area contributed by atoms with Crippen molar-refractivity contribution in [3.05, 3.63) is 0 Å². The average molecular weight is 277 g/mol. The Morgan fingerprint density at radius 1 is 1.39 bits per heavy atom. The minimum Gasteiger partial charge on any atom is -0.481 e. The smallest absolute Gasteiger partial charge is 0.304 e. The molecule has 18 heavy (non-hydrogen) atoms. The van der Waals surface area contributed by atoms with Crippen molar-refractivity contribution in [1.82, 2.24) is 4.72 Å². The second kappa shape index (κ2) is 5.57. The molecule has 0 heterocycles. The van der Waals surface area contributed by atoms with Crippen molar-refractivity contribution in [3.63, 3.8) is 0 Å². The SMILES string of the molecule is CC(C)(C)CCS(=O)(=O)NC(CC(=O)O)C1CC1. The Hall–Kier alpha value is -0.620. The van der Waals surface area contributed by atoms with Crippen molar-refractivity contribution in [2.24, 2.45) is 11.3 Å². The Kier molecular flexibility index (Phi) is 4.78. The van der Waals surface area contributed by atoms with Gasteiger partial charge in [-0.05, 0) is 30.6 Å². The summed E-state index contributed by atoms with van der Waals surface area (Å²) in [6.07, 6.45) is 2.27. The highest BCUT2D eigenvalue weighted by Crippen LogP contribution is 2.34. The van der Waals surface area contributed by atoms with Gasteiger partial charge in [-0.1, -0.05) is 20.8 Å². The molecule has 0 radical (unpaired) electrons. The van der Waals surface area contributed by atoms with Crippen LogP contribution in [-0.4, -0.2) is 31.3 Å². The van der Waals surface area contributed by atoms with E-state index in [2.05, 4.69) is 4.72 Å². The molecular weight excluding hydrogens is 254 g/mol. The summed E-state index contributed by atoms with van der Waals surface area (Å²) in [6.45, 7) is 5.95. The lowest BCUT2D eigenvalue weighted by molar-refractivity contribution is -0.137. The highest BCUT2D eigenvalue weighted by atomic mass is 32.2. The third-order valence-corrected chi connectivity index (χ3v) is 4.44. The largest absolute Gasteiger partial charge is 0.481 e. The fourth-order valence-electron chi connectivity index (χ4n) is 1.72. The molecule has 0 aromatic heterocycles. The van der Waals surface area contributed by atoms with Crippen molar-refractivity contribution < 1.29 is 18.3 Å². The predicted molar refractivity (Wildman–Crippen MR) is 69.8 cm³/mol. The van der Waals surface area contributed by atoms with Gasteiger partial charge in [-0.15, -0.1) is 0 Å². The molecular formula is C12H23NO4S. The highest BCUT2D eigenvalue weighted by molar-refractivity contribution is 7.89. The topological polar surface area (TPSA) is 83.5 Å². The van der Waals surface area contributed by atoms with E-state index >= 15 is 0 Å². The van der Waals surface area contributed by atoms with E-state index in [1.165, 1.54) is 0 Å². The number of carboxylic acids is 1. The van der Waals surface area contributed by atoms with E-state index < -0.39 is 22.0 Å². The van der Waals surface area contributed by atoms with Gasteiger partial charge in [0.2, 0.25) is 10.0 Å². The molecule has 0 aliphatic heterocycles. The van der Waals surface area contributed by atoms with Crippen LogP contribution in [0.5, 0.6) is 0 Å². The minimum absolute atomic E-state index is 0.0450. The maximum atomic E-state index is 11.9. The summed E-state index contributed by atoms with van der Waals surface area (Å²) in [5, 5.41) is 8.78. The zero-order valence-corrected chi connectivity index (χ0v) is 12.1. The molecule has 0 amide bonds. The van der Waals surface area contributed by atoms with E-state index in [1.54, 1.807) is 0 Å². The van der Waals surface area contributed by atoms with Crippen LogP contribution in [0.4, 0.5) is 0 Å². The Morgan fingerprint density at radius 2 is 1.94 bits per heavy atom. The maximum absolute atomic E-state index is 11.9. The second-order valence-electron chi connectivity index (χ2n) is 6.29. The van der Waals surface area contributed by atoms with E-state index in [-0.39, 0.29) is 23.5 Å². The monoisotopic (exact) mass is 277 g/mol. The van der Waals surface area contributed by atoms with E-state index in [0.29, 0.717) is 6.42 Å². The van der Waals surface area contributed by atoms with Crippen LogP contribution in [0.2, 0.25) is 0 Å². The molecule has 1 atom stereocenters. The van der Waals surface area contributed by atoms with Crippen LogP contribution in [-0.2, 0) is 14.8 Å². The molecule has 1 unspecified atom stereocenters. The number of rotatable bonds is 7. The lowest BCUT2D eigenvalue weighted by Crippen LogP contribution is -2.39. The fourth-order valence-corrected chi connectivity index (χ4v) is 3.46. The Bertz CT molecular complexity index is 393. The van der Waals surface area contributed by atoms with Gasteiger partial charge in [-0.25, -0.2) is 13.1 Å². The van der Waals surface area contributed by atoms with Gasteiger partial charge in [-0.3, -0.25) is 4.79 Å². The third kappa shape index (κ3) is 6.35. The Balaban J connectivity index is 2.53. The quantitative estimate of drug-likeness (QED) is 0.740. The standard InChI is InChI=1S/C12H23NO4S/c1-12(2,3)6-7-18(16,17)13-10(8-11(14)15)9-4-5-9/h9-10,13H,4-8H2,1-3H3,(H,14,15). The van der Waals surface area contributed by atoms with Gasteiger partial charge in [0, 0.05) is 6.04 Å². The first-order chi connectivity index (χ1) is 8.09. The molecule has 0 aromatic carbocycles. The summed E-state index contributed by atoms with van der Waals surface area (Å²) < 4.78 is 26.3. The zero-order valence-electron chi connectivity index (χ0n) is 11.3. The minimum atomic E-state index is -3.38. The molecule has 0 aromatic rings. The van der Waals surface area contributed by atoms with Crippen LogP contribution in [0.15, 0.2) is 0 Å². The van der Waals surface area contributed by atoms with Crippen LogP contribution >= 0.6 is 0 Å². The lowest BCUT2D eigenvalue weighted by Gasteiger charge is -2.20. The predicted octanol–water partition coefficient (Wildman–Crippen LogP) is 1.60. The van der Waals surface area contributed by atoms with Gasteiger partial charge < -0.3 is 5.11 Å². The van der Waals surface area contributed by atoms with Gasteiger partial charge in [-0.2, -0.15) is 0 Å². The first kappa shape index (κ1) is 15.4. The summed E-state index contributed by atoms with van der Waals surface area (Å²) in [5.74, 6) is -0.699. The third-order valence-electron chi connectivity index (χ3n) is 3.04. The molecule has 2 N–H and O–H groups in total. The normalized spacial score (nSPS) is 18.6. The maximum Gasteiger partial charge on any atom is 0.304 e. The van der Waals surface area contributed by atoms with Crippen molar-refractivity contribution in [3.8, 4) is 0 Å². The number of carboxylic acid groups (broad SMARTS) is 1. The summed E-state index contributed by atoms with van der Waals surface area (Å²) in [5.41, 5.74) is -0.0450. The molecule has 6 heteroatoms. The number of hydrogen-bond acceptors (Lipinski definition) is 3. The van der Waals surface area contributed by atoms with Gasteiger partial charge in [0.1, 0.15) is 0 Å². The van der Waals surface area contributed by atoms with E-state index in [0.717, 1.165) is 12.8 Å². The second-order valence-corrected chi connectivity index (χ2v) is 8.16. The van der Waals surface area contributed by atoms with Crippen molar-refractivity contribution in [1.29, 1.82) is 0 Å². The van der Waals surface area contributed by atoms with Crippen LogP contribution in [0.3, 0.4) is 0 Å². The molecule has 1 saturated carbocycles. The van der Waals surface area contributed by atoms with Crippen LogP contribution in [0, 0.1) is 11.3 Å². The van der Waals surface area contributed by atoms with Crippen molar-refractivity contribution in [2.45, 2.75) is 52.5 Å². The van der Waals surface area contributed by atoms with Crippen LogP contribution < -0.4 is 4.72 Å². The number of aliphatic carboxylic acids is 1. The van der Waals surface area contributed by atoms with Gasteiger partial charge in [0.25, 0.3) is 0 Å². The number of nitrogens with one attached hydrogen (secondary N) is 1. The average Bonchev–Trinajstić information content (AvgIpc) is 2.94. The molecule has 5 nitrogen and oxygen atoms in total. The van der Waals surface area contributed by atoms with Crippen LogP contribution in [0.25, 0.3) is 0 Å². The summed E-state index contributed by atoms with van der Waals surface area (Å²) in [7, 11) is -3.38. The number of carbonyl (C=O) groups is 1. The Morgan fingerprint density at radius 3 is 2.33 bits per heavy atom. The molecule has 1 fully saturated rings. The van der Waals surface area contributed by atoms with Crippen LogP contribution in [0.1, 0.15) is 46.5 Å². The van der Waals surface area contributed by atoms with Crippen molar-refractivity contribution >= 4 is 16.0 Å². The number of hydrogen-bond donors (Lipinski definition) is 2. The lowest BCUT2D eigenvalue weighted by atomic mass is 9.94. The number of sulfonamides is 1. The van der Waals surface area contributed by atoms with Crippen molar-refractivity contribution in [2.75, 3.05) is 5.75 Å². The zero-order chi connectivity index (χ0) is 14.0. The molecule has 1 rings (SSSR count). The van der Waals surface area contributed by atoms with Gasteiger partial charge >= 0.3 is 5.97 Å². The summed E-state index contributed by atoms with van der Waals surface area (Å²) in [4.78, 5) is 10.7. The molecule has 106 valence electrons. The summed E-state index contributed by atoms with van der Waals surface area (Å²) in [6, 6.07) is -0.438. The van der Waals surface area contributed by atoms with E-state index in [9.17, 15) is 13.2 Å².